The molecule has 2 fully saturated rings. The highest BCUT2D eigenvalue weighted by Crippen LogP contribution is 2.31. The van der Waals surface area contributed by atoms with Gasteiger partial charge in [0.2, 0.25) is 0 Å². The number of methoxy groups -OCH3 is 1. The van der Waals surface area contributed by atoms with Crippen LogP contribution in [-0.4, -0.2) is 38.0 Å². The van der Waals surface area contributed by atoms with E-state index in [0.29, 0.717) is 6.61 Å². The molecule has 2 aliphatic heterocycles. The van der Waals surface area contributed by atoms with E-state index >= 15 is 0 Å². The first-order valence-electron chi connectivity index (χ1n) is 6.31. The van der Waals surface area contributed by atoms with Gasteiger partial charge in [0.15, 0.2) is 18.4 Å². The molecule has 2 heterocycles. The zero-order valence-corrected chi connectivity index (χ0v) is 10.7. The highest BCUT2D eigenvalue weighted by Gasteiger charge is 2.43. The number of hydrogen-bond acceptors (Lipinski definition) is 5. The van der Waals surface area contributed by atoms with E-state index in [2.05, 4.69) is 0 Å². The Hall–Kier alpha value is -1.27. The van der Waals surface area contributed by atoms with Crippen molar-refractivity contribution in [1.82, 2.24) is 0 Å². The van der Waals surface area contributed by atoms with Gasteiger partial charge in [-0.05, 0) is 0 Å². The molecule has 0 unspecified atom stereocenters. The van der Waals surface area contributed by atoms with Crippen LogP contribution in [0.15, 0.2) is 30.3 Å². The largest absolute Gasteiger partial charge is 0.355 e. The summed E-state index contributed by atoms with van der Waals surface area (Å²) in [5, 5.41) is 0. The van der Waals surface area contributed by atoms with Crippen LogP contribution in [-0.2, 0) is 23.7 Å². The molecule has 1 aromatic carbocycles. The summed E-state index contributed by atoms with van der Waals surface area (Å²) in [7, 11) is 1.52. The van der Waals surface area contributed by atoms with Crippen molar-refractivity contribution in [2.24, 2.45) is 0 Å². The summed E-state index contributed by atoms with van der Waals surface area (Å²) in [5.74, 6) is 0.00679. The number of benzene rings is 1. The molecule has 1 aromatic rings. The smallest absolute Gasteiger partial charge is 0.184 e. The van der Waals surface area contributed by atoms with E-state index in [0.717, 1.165) is 5.56 Å². The molecule has 0 saturated carbocycles. The van der Waals surface area contributed by atoms with Gasteiger partial charge in [-0.25, -0.2) is 0 Å². The van der Waals surface area contributed by atoms with Gasteiger partial charge in [0.1, 0.15) is 12.2 Å². The van der Waals surface area contributed by atoms with Crippen molar-refractivity contribution in [3.63, 3.8) is 0 Å². The molecule has 2 aliphatic rings. The first-order chi connectivity index (χ1) is 9.28. The Balaban J connectivity index is 1.72. The molecule has 0 aromatic heterocycles. The monoisotopic (exact) mass is 264 g/mol. The fourth-order valence-corrected chi connectivity index (χ4v) is 2.37. The number of carbonyl (C=O) groups is 1. The minimum Gasteiger partial charge on any atom is -0.355 e. The molecule has 19 heavy (non-hydrogen) atoms. The summed E-state index contributed by atoms with van der Waals surface area (Å²) in [4.78, 5) is 12.0. The fourth-order valence-electron chi connectivity index (χ4n) is 2.37. The molecule has 3 rings (SSSR count). The lowest BCUT2D eigenvalue weighted by Crippen LogP contribution is -2.53. The Morgan fingerprint density at radius 3 is 2.74 bits per heavy atom. The second kappa shape index (κ2) is 5.38. The number of hydrogen-bond donors (Lipinski definition) is 0. The minimum absolute atomic E-state index is 0.00679. The Bertz CT molecular complexity index is 446. The van der Waals surface area contributed by atoms with Crippen LogP contribution < -0.4 is 0 Å². The molecule has 0 N–H and O–H groups in total. The lowest BCUT2D eigenvalue weighted by molar-refractivity contribution is -0.298. The average Bonchev–Trinajstić information content (AvgIpc) is 2.47. The molecule has 0 amide bonds. The van der Waals surface area contributed by atoms with Crippen LogP contribution >= 0.6 is 0 Å². The molecule has 5 heteroatoms. The van der Waals surface area contributed by atoms with Crippen molar-refractivity contribution in [3.05, 3.63) is 35.9 Å². The van der Waals surface area contributed by atoms with Gasteiger partial charge in [-0.3, -0.25) is 4.79 Å². The zero-order valence-electron chi connectivity index (χ0n) is 10.7. The summed E-state index contributed by atoms with van der Waals surface area (Å²) in [6.45, 7) is 0.329. The Morgan fingerprint density at radius 2 is 2.00 bits per heavy atom. The zero-order chi connectivity index (χ0) is 13.2. The van der Waals surface area contributed by atoms with Gasteiger partial charge in [0.05, 0.1) is 13.0 Å². The van der Waals surface area contributed by atoms with Gasteiger partial charge in [-0.1, -0.05) is 30.3 Å². The molecule has 4 atom stereocenters. The SMILES string of the molecule is CO[C@@H]1CC(=O)[C@@H]2O[C@@H](c3ccccc3)OC[C@@H]2O1. The molecular weight excluding hydrogens is 248 g/mol. The number of fused-ring (bicyclic) bond motifs is 1. The normalized spacial score (nSPS) is 34.9. The van der Waals surface area contributed by atoms with E-state index in [1.165, 1.54) is 7.11 Å². The maximum atomic E-state index is 12.0. The van der Waals surface area contributed by atoms with Crippen molar-refractivity contribution in [3.8, 4) is 0 Å². The third-order valence-corrected chi connectivity index (χ3v) is 3.37. The molecule has 0 bridgehead atoms. The molecular formula is C14H16O5. The van der Waals surface area contributed by atoms with Crippen LogP contribution in [0.1, 0.15) is 18.3 Å². The van der Waals surface area contributed by atoms with Crippen molar-refractivity contribution in [1.29, 1.82) is 0 Å². The van der Waals surface area contributed by atoms with E-state index < -0.39 is 18.7 Å². The second-order valence-corrected chi connectivity index (χ2v) is 4.64. The number of carbonyl (C=O) groups excluding carboxylic acids is 1. The highest BCUT2D eigenvalue weighted by molar-refractivity contribution is 5.84. The first kappa shape index (κ1) is 12.7. The third-order valence-electron chi connectivity index (χ3n) is 3.37. The van der Waals surface area contributed by atoms with Crippen LogP contribution in [0, 0.1) is 0 Å². The Labute approximate surface area is 111 Å². The van der Waals surface area contributed by atoms with Gasteiger partial charge in [0, 0.05) is 12.7 Å². The van der Waals surface area contributed by atoms with Crippen LogP contribution in [0.2, 0.25) is 0 Å². The molecule has 2 saturated heterocycles. The van der Waals surface area contributed by atoms with Crippen molar-refractivity contribution in [2.75, 3.05) is 13.7 Å². The number of Topliss-reactive ketones (excluding diaryl/α,β-unsaturated/α-hetero) is 1. The third kappa shape index (κ3) is 2.55. The van der Waals surface area contributed by atoms with E-state index in [1.807, 2.05) is 30.3 Å². The van der Waals surface area contributed by atoms with Crippen LogP contribution in [0.5, 0.6) is 0 Å². The van der Waals surface area contributed by atoms with Crippen molar-refractivity contribution in [2.45, 2.75) is 31.2 Å². The van der Waals surface area contributed by atoms with Crippen LogP contribution in [0.4, 0.5) is 0 Å². The van der Waals surface area contributed by atoms with Gasteiger partial charge < -0.3 is 18.9 Å². The summed E-state index contributed by atoms with van der Waals surface area (Å²) in [5.41, 5.74) is 0.905. The van der Waals surface area contributed by atoms with E-state index in [-0.39, 0.29) is 18.3 Å². The van der Waals surface area contributed by atoms with E-state index in [4.69, 9.17) is 18.9 Å². The van der Waals surface area contributed by atoms with Gasteiger partial charge in [-0.15, -0.1) is 0 Å². The topological polar surface area (TPSA) is 54.0 Å². The standard InChI is InChI=1S/C14H16O5/c1-16-12-7-10(15)13-11(18-12)8-17-14(19-13)9-5-3-2-4-6-9/h2-6,11-14H,7-8H2,1H3/t11-,12-,13-,14-/m0/s1. The van der Waals surface area contributed by atoms with Crippen molar-refractivity contribution < 1.29 is 23.7 Å². The summed E-state index contributed by atoms with van der Waals surface area (Å²) in [6.07, 6.45) is -1.72. The van der Waals surface area contributed by atoms with Crippen molar-refractivity contribution >= 4 is 5.78 Å². The lowest BCUT2D eigenvalue weighted by Gasteiger charge is -2.40. The van der Waals surface area contributed by atoms with E-state index in [1.54, 1.807) is 0 Å². The number of ether oxygens (including phenoxy) is 4. The van der Waals surface area contributed by atoms with Crippen LogP contribution in [0.25, 0.3) is 0 Å². The quantitative estimate of drug-likeness (QED) is 0.809. The van der Waals surface area contributed by atoms with Gasteiger partial charge >= 0.3 is 0 Å². The molecule has 0 radical (unpaired) electrons. The average molecular weight is 264 g/mol. The Morgan fingerprint density at radius 1 is 1.21 bits per heavy atom. The molecule has 0 aliphatic carbocycles. The highest BCUT2D eigenvalue weighted by atomic mass is 16.7. The van der Waals surface area contributed by atoms with Crippen LogP contribution in [0.3, 0.4) is 0 Å². The number of rotatable bonds is 2. The van der Waals surface area contributed by atoms with Gasteiger partial charge in [0.25, 0.3) is 0 Å². The number of ketones is 1. The minimum atomic E-state index is -0.564. The maximum absolute atomic E-state index is 12.0. The first-order valence-corrected chi connectivity index (χ1v) is 6.31. The predicted octanol–water partition coefficient (Wildman–Crippen LogP) is 1.43. The molecule has 0 spiro atoms. The summed E-state index contributed by atoms with van der Waals surface area (Å²) >= 11 is 0. The fraction of sp³-hybridized carbons (Fsp3) is 0.500. The summed E-state index contributed by atoms with van der Waals surface area (Å²) < 4.78 is 22.0. The Kier molecular flexibility index (Phi) is 3.61. The molecule has 102 valence electrons. The predicted molar refractivity (Wildman–Crippen MR) is 65.3 cm³/mol. The lowest BCUT2D eigenvalue weighted by atomic mass is 10.0. The van der Waals surface area contributed by atoms with Gasteiger partial charge in [-0.2, -0.15) is 0 Å². The maximum Gasteiger partial charge on any atom is 0.184 e. The summed E-state index contributed by atoms with van der Waals surface area (Å²) in [6, 6.07) is 9.57. The van der Waals surface area contributed by atoms with E-state index in [9.17, 15) is 4.79 Å². The second-order valence-electron chi connectivity index (χ2n) is 4.64. The molecule has 5 nitrogen and oxygen atoms in total.